The molecule has 0 aromatic heterocycles. The summed E-state index contributed by atoms with van der Waals surface area (Å²) < 4.78 is 23.0. The van der Waals surface area contributed by atoms with Crippen LogP contribution in [0.4, 0.5) is 0 Å². The van der Waals surface area contributed by atoms with Crippen molar-refractivity contribution in [3.8, 4) is 28.4 Å². The van der Waals surface area contributed by atoms with Gasteiger partial charge in [0.15, 0.2) is 17.3 Å². The molecule has 33 heavy (non-hydrogen) atoms. The summed E-state index contributed by atoms with van der Waals surface area (Å²) in [6, 6.07) is 9.49. The first-order chi connectivity index (χ1) is 15.9. The predicted octanol–water partition coefficient (Wildman–Crippen LogP) is 5.25. The predicted molar refractivity (Wildman–Crippen MR) is 125 cm³/mol. The van der Waals surface area contributed by atoms with E-state index in [4.69, 9.17) is 18.9 Å². The molecule has 0 bridgehead atoms. The van der Waals surface area contributed by atoms with E-state index in [1.807, 2.05) is 44.2 Å². The molecule has 0 heterocycles. The molecular weight excluding hydrogens is 420 g/mol. The van der Waals surface area contributed by atoms with E-state index in [9.17, 15) is 9.59 Å². The van der Waals surface area contributed by atoms with E-state index in [1.54, 1.807) is 14.2 Å². The van der Waals surface area contributed by atoms with Crippen molar-refractivity contribution in [2.75, 3.05) is 27.4 Å². The fourth-order valence-corrected chi connectivity index (χ4v) is 4.36. The molecule has 0 N–H and O–H groups in total. The molecule has 0 saturated heterocycles. The summed E-state index contributed by atoms with van der Waals surface area (Å²) in [7, 11) is 3.13. The van der Waals surface area contributed by atoms with Gasteiger partial charge >= 0.3 is 5.97 Å². The highest BCUT2D eigenvalue weighted by Gasteiger charge is 2.33. The lowest BCUT2D eigenvalue weighted by Crippen LogP contribution is -2.34. The van der Waals surface area contributed by atoms with Crippen LogP contribution in [-0.4, -0.2) is 39.2 Å². The third-order valence-electron chi connectivity index (χ3n) is 6.67. The lowest BCUT2D eigenvalue weighted by molar-refractivity contribution is -0.157. The number of esters is 1. The summed E-state index contributed by atoms with van der Waals surface area (Å²) in [4.78, 5) is 25.1. The maximum Gasteiger partial charge on any atom is 0.314 e. The molecule has 0 atom stereocenters. The lowest BCUT2D eigenvalue weighted by atomic mass is 9.86. The summed E-state index contributed by atoms with van der Waals surface area (Å²) in [5.74, 6) is 1.85. The number of hydrogen-bond acceptors (Lipinski definition) is 6. The van der Waals surface area contributed by atoms with Crippen LogP contribution < -0.4 is 14.2 Å². The van der Waals surface area contributed by atoms with Crippen molar-refractivity contribution in [3.05, 3.63) is 41.5 Å². The van der Waals surface area contributed by atoms with Gasteiger partial charge in [-0.15, -0.1) is 0 Å². The number of methoxy groups -OCH3 is 2. The maximum atomic E-state index is 12.8. The van der Waals surface area contributed by atoms with Gasteiger partial charge in [0.05, 0.1) is 26.2 Å². The number of fused-ring (bicyclic) bond motifs is 1. The monoisotopic (exact) mass is 452 g/mol. The number of benzene rings is 2. The van der Waals surface area contributed by atoms with Gasteiger partial charge in [-0.3, -0.25) is 9.59 Å². The Morgan fingerprint density at radius 3 is 2.39 bits per heavy atom. The van der Waals surface area contributed by atoms with Crippen LogP contribution in [0.5, 0.6) is 17.2 Å². The van der Waals surface area contributed by atoms with Crippen molar-refractivity contribution in [2.45, 2.75) is 46.0 Å². The van der Waals surface area contributed by atoms with E-state index in [0.717, 1.165) is 35.1 Å². The molecular formula is C27H32O6. The topological polar surface area (TPSA) is 71.1 Å². The Labute approximate surface area is 195 Å². The maximum absolute atomic E-state index is 12.8. The van der Waals surface area contributed by atoms with Crippen molar-refractivity contribution in [1.29, 1.82) is 0 Å². The van der Waals surface area contributed by atoms with Gasteiger partial charge in [0.1, 0.15) is 6.61 Å². The van der Waals surface area contributed by atoms with Gasteiger partial charge in [-0.25, -0.2) is 0 Å². The Hall–Kier alpha value is -3.02. The van der Waals surface area contributed by atoms with Gasteiger partial charge in [-0.2, -0.15) is 0 Å². The van der Waals surface area contributed by atoms with Crippen molar-refractivity contribution < 1.29 is 28.5 Å². The Morgan fingerprint density at radius 1 is 0.970 bits per heavy atom. The molecule has 2 aromatic rings. The van der Waals surface area contributed by atoms with Crippen molar-refractivity contribution in [1.82, 2.24) is 0 Å². The Bertz CT molecular complexity index is 1050. The van der Waals surface area contributed by atoms with Crippen molar-refractivity contribution in [3.63, 3.8) is 0 Å². The van der Waals surface area contributed by atoms with Gasteiger partial charge < -0.3 is 18.9 Å². The normalized spacial score (nSPS) is 15.6. The molecule has 2 aliphatic rings. The molecule has 1 fully saturated rings. The number of ether oxygens (including phenoxy) is 4. The Morgan fingerprint density at radius 2 is 1.73 bits per heavy atom. The number of carbonyl (C=O) groups is 2. The minimum absolute atomic E-state index is 0.112. The molecule has 1 saturated carbocycles. The summed E-state index contributed by atoms with van der Waals surface area (Å²) >= 11 is 0. The van der Waals surface area contributed by atoms with E-state index in [2.05, 4.69) is 0 Å². The third-order valence-corrected chi connectivity index (χ3v) is 6.67. The van der Waals surface area contributed by atoms with Crippen LogP contribution in [0.15, 0.2) is 30.3 Å². The fraction of sp³-hybridized carbons (Fsp3) is 0.481. The molecule has 0 unspecified atom stereocenters. The summed E-state index contributed by atoms with van der Waals surface area (Å²) in [6.07, 6.45) is 4.66. The largest absolute Gasteiger partial charge is 0.493 e. The molecule has 4 rings (SSSR count). The highest BCUT2D eigenvalue weighted by molar-refractivity contribution is 6.02. The standard InChI is InChI=1S/C27H32O6/c1-27(2,26(29)32-15-17-7-5-8-17)16-33-24-21(12-14-23(30-3)25(24)31-4)18-9-6-10-20-19(18)11-13-22(20)28/h6,9-10,12,14,17H,5,7-8,11,13,15-16H2,1-4H3. The van der Waals surface area contributed by atoms with Gasteiger partial charge in [0.25, 0.3) is 0 Å². The second-order valence-corrected chi connectivity index (χ2v) is 9.50. The van der Waals surface area contributed by atoms with Crippen molar-refractivity contribution in [2.24, 2.45) is 11.3 Å². The molecule has 6 heteroatoms. The first-order valence-corrected chi connectivity index (χ1v) is 11.6. The average Bonchev–Trinajstić information content (AvgIpc) is 3.16. The number of hydrogen-bond donors (Lipinski definition) is 0. The first kappa shape index (κ1) is 23.1. The first-order valence-electron chi connectivity index (χ1n) is 11.6. The van der Waals surface area contributed by atoms with Crippen LogP contribution in [-0.2, 0) is 16.0 Å². The van der Waals surface area contributed by atoms with Crippen LogP contribution >= 0.6 is 0 Å². The summed E-state index contributed by atoms with van der Waals surface area (Å²) in [5.41, 5.74) is 2.66. The summed E-state index contributed by atoms with van der Waals surface area (Å²) in [6.45, 7) is 4.23. The zero-order valence-corrected chi connectivity index (χ0v) is 19.9. The number of Topliss-reactive ketones (excluding diaryl/α,β-unsaturated/α-hetero) is 1. The molecule has 0 amide bonds. The molecule has 0 radical (unpaired) electrons. The quantitative estimate of drug-likeness (QED) is 0.484. The van der Waals surface area contributed by atoms with Gasteiger partial charge in [0.2, 0.25) is 5.75 Å². The smallest absolute Gasteiger partial charge is 0.314 e. The van der Waals surface area contributed by atoms with E-state index < -0.39 is 5.41 Å². The molecule has 2 aromatic carbocycles. The van der Waals surface area contributed by atoms with Crippen LogP contribution in [0.2, 0.25) is 0 Å². The number of carbonyl (C=O) groups excluding carboxylic acids is 2. The Balaban J connectivity index is 1.64. The van der Waals surface area contributed by atoms with Crippen LogP contribution in [0.1, 0.15) is 55.5 Å². The van der Waals surface area contributed by atoms with Gasteiger partial charge in [-0.1, -0.05) is 24.6 Å². The van der Waals surface area contributed by atoms with E-state index in [1.165, 1.54) is 6.42 Å². The van der Waals surface area contributed by atoms with Crippen LogP contribution in [0, 0.1) is 11.3 Å². The highest BCUT2D eigenvalue weighted by atomic mass is 16.5. The fourth-order valence-electron chi connectivity index (χ4n) is 4.36. The average molecular weight is 453 g/mol. The van der Waals surface area contributed by atoms with E-state index in [-0.39, 0.29) is 18.4 Å². The van der Waals surface area contributed by atoms with Crippen molar-refractivity contribution >= 4 is 11.8 Å². The molecule has 176 valence electrons. The highest BCUT2D eigenvalue weighted by Crippen LogP contribution is 2.47. The lowest BCUT2D eigenvalue weighted by Gasteiger charge is -2.28. The third kappa shape index (κ3) is 4.56. The van der Waals surface area contributed by atoms with Crippen LogP contribution in [0.25, 0.3) is 11.1 Å². The molecule has 6 nitrogen and oxygen atoms in total. The second-order valence-electron chi connectivity index (χ2n) is 9.50. The minimum atomic E-state index is -0.844. The number of rotatable bonds is 9. The molecule has 0 spiro atoms. The van der Waals surface area contributed by atoms with E-state index in [0.29, 0.717) is 42.6 Å². The number of ketones is 1. The molecule has 2 aliphatic carbocycles. The van der Waals surface area contributed by atoms with Gasteiger partial charge in [-0.05, 0) is 62.3 Å². The zero-order valence-electron chi connectivity index (χ0n) is 19.9. The SMILES string of the molecule is COc1ccc(-c2cccc3c2CCC3=O)c(OCC(C)(C)C(=O)OCC2CCC2)c1OC. The Kier molecular flexibility index (Phi) is 6.63. The van der Waals surface area contributed by atoms with Gasteiger partial charge in [0, 0.05) is 17.5 Å². The second kappa shape index (κ2) is 9.46. The van der Waals surface area contributed by atoms with E-state index >= 15 is 0 Å². The minimum Gasteiger partial charge on any atom is -0.493 e. The zero-order chi connectivity index (χ0) is 23.6. The van der Waals surface area contributed by atoms with Crippen LogP contribution in [0.3, 0.4) is 0 Å². The summed E-state index contributed by atoms with van der Waals surface area (Å²) in [5, 5.41) is 0. The molecule has 0 aliphatic heterocycles.